The highest BCUT2D eigenvalue weighted by atomic mass is 16.6. The third-order valence-electron chi connectivity index (χ3n) is 3.33. The van der Waals surface area contributed by atoms with Crippen molar-refractivity contribution in [2.75, 3.05) is 19.6 Å². The molecule has 1 fully saturated rings. The fourth-order valence-corrected chi connectivity index (χ4v) is 2.20. The van der Waals surface area contributed by atoms with Crippen molar-refractivity contribution in [1.82, 2.24) is 4.90 Å². The number of carbonyl (C=O) groups excluding carboxylic acids is 1. The van der Waals surface area contributed by atoms with E-state index in [-0.39, 0.29) is 11.5 Å². The first-order valence-corrected chi connectivity index (χ1v) is 5.99. The summed E-state index contributed by atoms with van der Waals surface area (Å²) < 4.78 is 0. The molecule has 0 bridgehead atoms. The summed E-state index contributed by atoms with van der Waals surface area (Å²) in [5.74, 6) is -0.429. The average Bonchev–Trinajstić information content (AvgIpc) is 2.86. The Morgan fingerprint density at radius 2 is 2.32 bits per heavy atom. The molecule has 0 radical (unpaired) electrons. The molecule has 1 saturated heterocycles. The van der Waals surface area contributed by atoms with Crippen LogP contribution < -0.4 is 5.73 Å². The molecule has 1 aromatic carbocycles. The number of phenols is 1. The van der Waals surface area contributed by atoms with Gasteiger partial charge in [-0.1, -0.05) is 0 Å². The molecule has 7 nitrogen and oxygen atoms in total. The number of hydrogen-bond acceptors (Lipinski definition) is 5. The van der Waals surface area contributed by atoms with Crippen LogP contribution in [0.2, 0.25) is 0 Å². The fourth-order valence-electron chi connectivity index (χ4n) is 2.20. The molecule has 1 aromatic rings. The Bertz CT molecular complexity index is 518. The van der Waals surface area contributed by atoms with Gasteiger partial charge in [-0.15, -0.1) is 0 Å². The maximum Gasteiger partial charge on any atom is 0.310 e. The van der Waals surface area contributed by atoms with Crippen molar-refractivity contribution in [3.8, 4) is 5.75 Å². The Morgan fingerprint density at radius 3 is 2.84 bits per heavy atom. The standard InChI is InChI=1S/C12H15N3O4/c13-6-8-3-4-14(7-8)12(17)9-1-2-10(15(18)19)11(16)5-9/h1-2,5,8,16H,3-4,6-7,13H2. The van der Waals surface area contributed by atoms with E-state index in [1.807, 2.05) is 0 Å². The number of amides is 1. The lowest BCUT2D eigenvalue weighted by Crippen LogP contribution is -2.29. The zero-order valence-electron chi connectivity index (χ0n) is 10.3. The van der Waals surface area contributed by atoms with Crippen LogP contribution in [0, 0.1) is 16.0 Å². The van der Waals surface area contributed by atoms with E-state index in [0.29, 0.717) is 25.6 Å². The molecule has 19 heavy (non-hydrogen) atoms. The number of nitro groups is 1. The van der Waals surface area contributed by atoms with Gasteiger partial charge in [-0.25, -0.2) is 0 Å². The molecule has 1 amide bonds. The van der Waals surface area contributed by atoms with Crippen molar-refractivity contribution in [2.24, 2.45) is 11.7 Å². The van der Waals surface area contributed by atoms with Crippen molar-refractivity contribution in [3.05, 3.63) is 33.9 Å². The van der Waals surface area contributed by atoms with Gasteiger partial charge in [0, 0.05) is 24.7 Å². The SMILES string of the molecule is NCC1CCN(C(=O)c2ccc([N+](=O)[O-])c(O)c2)C1. The molecule has 0 aliphatic carbocycles. The second-order valence-corrected chi connectivity index (χ2v) is 4.60. The minimum atomic E-state index is -0.691. The highest BCUT2D eigenvalue weighted by molar-refractivity contribution is 5.95. The van der Waals surface area contributed by atoms with Crippen molar-refractivity contribution in [3.63, 3.8) is 0 Å². The molecule has 0 aromatic heterocycles. The molecule has 2 rings (SSSR count). The largest absolute Gasteiger partial charge is 0.502 e. The predicted molar refractivity (Wildman–Crippen MR) is 67.8 cm³/mol. The molecule has 0 spiro atoms. The van der Waals surface area contributed by atoms with Gasteiger partial charge in [0.05, 0.1) is 4.92 Å². The second-order valence-electron chi connectivity index (χ2n) is 4.60. The molecule has 1 unspecified atom stereocenters. The lowest BCUT2D eigenvalue weighted by molar-refractivity contribution is -0.385. The highest BCUT2D eigenvalue weighted by Gasteiger charge is 2.27. The van der Waals surface area contributed by atoms with E-state index in [2.05, 4.69) is 0 Å². The number of aromatic hydroxyl groups is 1. The predicted octanol–water partition coefficient (Wildman–Crippen LogP) is 0.721. The number of carbonyl (C=O) groups is 1. The Labute approximate surface area is 109 Å². The van der Waals surface area contributed by atoms with Gasteiger partial charge in [0.2, 0.25) is 0 Å². The molecule has 102 valence electrons. The number of hydrogen-bond donors (Lipinski definition) is 2. The van der Waals surface area contributed by atoms with E-state index < -0.39 is 16.4 Å². The van der Waals surface area contributed by atoms with Crippen molar-refractivity contribution in [1.29, 1.82) is 0 Å². The van der Waals surface area contributed by atoms with Gasteiger partial charge in [0.1, 0.15) is 0 Å². The quantitative estimate of drug-likeness (QED) is 0.618. The van der Waals surface area contributed by atoms with E-state index in [1.54, 1.807) is 4.90 Å². The van der Waals surface area contributed by atoms with Gasteiger partial charge in [0.25, 0.3) is 5.91 Å². The molecule has 3 N–H and O–H groups in total. The summed E-state index contributed by atoms with van der Waals surface area (Å²) in [6.07, 6.45) is 0.862. The fraction of sp³-hybridized carbons (Fsp3) is 0.417. The van der Waals surface area contributed by atoms with Gasteiger partial charge < -0.3 is 15.7 Å². The van der Waals surface area contributed by atoms with Crippen LogP contribution in [0.25, 0.3) is 0 Å². The first kappa shape index (κ1) is 13.3. The number of nitrogens with two attached hydrogens (primary N) is 1. The minimum absolute atomic E-state index is 0.235. The second kappa shape index (κ2) is 5.23. The zero-order valence-corrected chi connectivity index (χ0v) is 10.3. The molecule has 7 heteroatoms. The van der Waals surface area contributed by atoms with Gasteiger partial charge in [-0.3, -0.25) is 14.9 Å². The van der Waals surface area contributed by atoms with Crippen molar-refractivity contribution in [2.45, 2.75) is 6.42 Å². The van der Waals surface area contributed by atoms with Crippen molar-refractivity contribution >= 4 is 11.6 Å². The third kappa shape index (κ3) is 2.65. The van der Waals surface area contributed by atoms with E-state index >= 15 is 0 Å². The summed E-state index contributed by atoms with van der Waals surface area (Å²) in [6.45, 7) is 1.75. The maximum atomic E-state index is 12.1. The summed E-state index contributed by atoms with van der Waals surface area (Å²) >= 11 is 0. The van der Waals surface area contributed by atoms with E-state index in [9.17, 15) is 20.0 Å². The molecule has 0 saturated carbocycles. The number of nitro benzene ring substituents is 1. The number of rotatable bonds is 3. The van der Waals surface area contributed by atoms with Crippen LogP contribution in [0.4, 0.5) is 5.69 Å². The Morgan fingerprint density at radius 1 is 1.58 bits per heavy atom. The number of nitrogens with zero attached hydrogens (tertiary/aromatic N) is 2. The smallest absolute Gasteiger partial charge is 0.310 e. The highest BCUT2D eigenvalue weighted by Crippen LogP contribution is 2.27. The van der Waals surface area contributed by atoms with Gasteiger partial charge >= 0.3 is 5.69 Å². The topological polar surface area (TPSA) is 110 Å². The lowest BCUT2D eigenvalue weighted by atomic mass is 10.1. The molecule has 1 aliphatic heterocycles. The molecular weight excluding hydrogens is 250 g/mol. The number of phenolic OH excluding ortho intramolecular Hbond substituents is 1. The average molecular weight is 265 g/mol. The van der Waals surface area contributed by atoms with E-state index in [1.165, 1.54) is 6.07 Å². The van der Waals surface area contributed by atoms with Gasteiger partial charge in [-0.2, -0.15) is 0 Å². The summed E-state index contributed by atoms with van der Waals surface area (Å²) in [5, 5.41) is 20.1. The van der Waals surface area contributed by atoms with Crippen LogP contribution in [0.3, 0.4) is 0 Å². The zero-order chi connectivity index (χ0) is 14.0. The Hall–Kier alpha value is -2.15. The van der Waals surface area contributed by atoms with Crippen molar-refractivity contribution < 1.29 is 14.8 Å². The summed E-state index contributed by atoms with van der Waals surface area (Å²) in [6, 6.07) is 3.63. The third-order valence-corrected chi connectivity index (χ3v) is 3.33. The normalized spacial score (nSPS) is 18.6. The van der Waals surface area contributed by atoms with Crippen LogP contribution in [0.1, 0.15) is 16.8 Å². The molecule has 1 atom stereocenters. The first-order valence-electron chi connectivity index (χ1n) is 5.99. The number of likely N-dealkylation sites (tertiary alicyclic amines) is 1. The van der Waals surface area contributed by atoms with Gasteiger partial charge in [-0.05, 0) is 31.0 Å². The van der Waals surface area contributed by atoms with Crippen LogP contribution >= 0.6 is 0 Å². The van der Waals surface area contributed by atoms with Crippen LogP contribution in [-0.4, -0.2) is 40.5 Å². The van der Waals surface area contributed by atoms with Crippen LogP contribution in [-0.2, 0) is 0 Å². The summed E-state index contributed by atoms with van der Waals surface area (Å²) in [5.41, 5.74) is 5.41. The van der Waals surface area contributed by atoms with E-state index in [0.717, 1.165) is 18.6 Å². The van der Waals surface area contributed by atoms with Crippen LogP contribution in [0.15, 0.2) is 18.2 Å². The molecule has 1 heterocycles. The lowest BCUT2D eigenvalue weighted by Gasteiger charge is -2.16. The summed E-state index contributed by atoms with van der Waals surface area (Å²) in [7, 11) is 0. The van der Waals surface area contributed by atoms with E-state index in [4.69, 9.17) is 5.73 Å². The molecule has 1 aliphatic rings. The summed E-state index contributed by atoms with van der Waals surface area (Å²) in [4.78, 5) is 23.7. The first-order chi connectivity index (χ1) is 9.02. The van der Waals surface area contributed by atoms with Crippen LogP contribution in [0.5, 0.6) is 5.75 Å². The monoisotopic (exact) mass is 265 g/mol. The Kier molecular flexibility index (Phi) is 3.66. The molecular formula is C12H15N3O4. The van der Waals surface area contributed by atoms with Gasteiger partial charge in [0.15, 0.2) is 5.75 Å². The maximum absolute atomic E-state index is 12.1. The number of benzene rings is 1. The minimum Gasteiger partial charge on any atom is -0.502 e. The Balaban J connectivity index is 2.16.